The van der Waals surface area contributed by atoms with Crippen molar-refractivity contribution in [2.24, 2.45) is 11.7 Å². The molecule has 1 fully saturated rings. The summed E-state index contributed by atoms with van der Waals surface area (Å²) in [6.45, 7) is 0. The topological polar surface area (TPSA) is 26.0 Å². The standard InChI is InChI=1S/C17H19N/c18-17(15-11-12-15)16(13-7-3-1-4-8-13)14-9-5-2-6-10-14/h1-10,15-17H,11-12,18H2. The van der Waals surface area contributed by atoms with E-state index in [9.17, 15) is 0 Å². The van der Waals surface area contributed by atoms with Gasteiger partial charge in [-0.2, -0.15) is 0 Å². The van der Waals surface area contributed by atoms with Crippen LogP contribution in [0.15, 0.2) is 60.7 Å². The molecule has 18 heavy (non-hydrogen) atoms. The van der Waals surface area contributed by atoms with Crippen LogP contribution in [0.1, 0.15) is 29.9 Å². The molecule has 1 aliphatic rings. The fourth-order valence-electron chi connectivity index (χ4n) is 2.71. The Bertz CT molecular complexity index is 448. The van der Waals surface area contributed by atoms with Crippen molar-refractivity contribution >= 4 is 0 Å². The summed E-state index contributed by atoms with van der Waals surface area (Å²) in [7, 11) is 0. The van der Waals surface area contributed by atoms with Crippen LogP contribution < -0.4 is 5.73 Å². The fourth-order valence-corrected chi connectivity index (χ4v) is 2.71. The number of nitrogens with two attached hydrogens (primary N) is 1. The Labute approximate surface area is 109 Å². The molecule has 0 aromatic heterocycles. The second kappa shape index (κ2) is 4.95. The number of hydrogen-bond donors (Lipinski definition) is 1. The van der Waals surface area contributed by atoms with E-state index < -0.39 is 0 Å². The average molecular weight is 237 g/mol. The summed E-state index contributed by atoms with van der Waals surface area (Å²) < 4.78 is 0. The number of rotatable bonds is 4. The third kappa shape index (κ3) is 2.32. The largest absolute Gasteiger partial charge is 0.327 e. The number of hydrogen-bond acceptors (Lipinski definition) is 1. The predicted molar refractivity (Wildman–Crippen MR) is 75.4 cm³/mol. The van der Waals surface area contributed by atoms with Crippen molar-refractivity contribution in [3.05, 3.63) is 71.8 Å². The SMILES string of the molecule is NC(C1CC1)C(c1ccccc1)c1ccccc1. The van der Waals surface area contributed by atoms with Gasteiger partial charge < -0.3 is 5.73 Å². The molecule has 2 N–H and O–H groups in total. The maximum absolute atomic E-state index is 6.49. The van der Waals surface area contributed by atoms with Gasteiger partial charge in [0.25, 0.3) is 0 Å². The first-order valence-electron chi connectivity index (χ1n) is 6.72. The van der Waals surface area contributed by atoms with E-state index in [-0.39, 0.29) is 6.04 Å². The zero-order chi connectivity index (χ0) is 12.4. The first-order chi connectivity index (χ1) is 8.86. The molecule has 0 aliphatic heterocycles. The molecule has 1 aliphatic carbocycles. The molecule has 1 saturated carbocycles. The van der Waals surface area contributed by atoms with Crippen LogP contribution in [0.5, 0.6) is 0 Å². The van der Waals surface area contributed by atoms with Crippen LogP contribution in [0, 0.1) is 5.92 Å². The molecule has 0 spiro atoms. The molecule has 0 bridgehead atoms. The molecule has 2 aromatic carbocycles. The minimum atomic E-state index is 0.245. The molecule has 0 amide bonds. The van der Waals surface area contributed by atoms with E-state index in [0.29, 0.717) is 11.8 Å². The average Bonchev–Trinajstić information content (AvgIpc) is 3.26. The summed E-state index contributed by atoms with van der Waals surface area (Å²) in [5, 5.41) is 0. The van der Waals surface area contributed by atoms with E-state index in [0.717, 1.165) is 0 Å². The Kier molecular flexibility index (Phi) is 3.16. The van der Waals surface area contributed by atoms with Gasteiger partial charge in [-0.15, -0.1) is 0 Å². The monoisotopic (exact) mass is 237 g/mol. The zero-order valence-corrected chi connectivity index (χ0v) is 10.5. The van der Waals surface area contributed by atoms with E-state index in [2.05, 4.69) is 60.7 Å². The van der Waals surface area contributed by atoms with E-state index in [1.807, 2.05) is 0 Å². The normalized spacial score (nSPS) is 16.8. The molecular formula is C17H19N. The van der Waals surface area contributed by atoms with Gasteiger partial charge in [0.2, 0.25) is 0 Å². The highest BCUT2D eigenvalue weighted by Gasteiger charge is 2.35. The first kappa shape index (κ1) is 11.5. The van der Waals surface area contributed by atoms with Crippen LogP contribution in [-0.2, 0) is 0 Å². The van der Waals surface area contributed by atoms with Gasteiger partial charge in [-0.1, -0.05) is 60.7 Å². The van der Waals surface area contributed by atoms with E-state index in [4.69, 9.17) is 5.73 Å². The molecule has 92 valence electrons. The summed E-state index contributed by atoms with van der Waals surface area (Å²) >= 11 is 0. The molecule has 1 unspecified atom stereocenters. The lowest BCUT2D eigenvalue weighted by Crippen LogP contribution is -2.31. The maximum atomic E-state index is 6.49. The Hall–Kier alpha value is -1.60. The van der Waals surface area contributed by atoms with Gasteiger partial charge in [0, 0.05) is 12.0 Å². The molecule has 1 atom stereocenters. The van der Waals surface area contributed by atoms with Gasteiger partial charge >= 0.3 is 0 Å². The molecule has 0 heterocycles. The third-order valence-electron chi connectivity index (χ3n) is 3.87. The Balaban J connectivity index is 1.98. The smallest absolute Gasteiger partial charge is 0.0243 e. The van der Waals surface area contributed by atoms with E-state index in [1.54, 1.807) is 0 Å². The van der Waals surface area contributed by atoms with Crippen molar-refractivity contribution in [3.63, 3.8) is 0 Å². The lowest BCUT2D eigenvalue weighted by Gasteiger charge is -2.25. The van der Waals surface area contributed by atoms with Crippen molar-refractivity contribution in [3.8, 4) is 0 Å². The van der Waals surface area contributed by atoms with Gasteiger partial charge in [-0.05, 0) is 29.9 Å². The van der Waals surface area contributed by atoms with Crippen molar-refractivity contribution in [2.45, 2.75) is 24.8 Å². The first-order valence-corrected chi connectivity index (χ1v) is 6.72. The van der Waals surface area contributed by atoms with Crippen molar-refractivity contribution in [2.75, 3.05) is 0 Å². The molecule has 0 radical (unpaired) electrons. The van der Waals surface area contributed by atoms with Crippen LogP contribution in [0.2, 0.25) is 0 Å². The van der Waals surface area contributed by atoms with E-state index >= 15 is 0 Å². The van der Waals surface area contributed by atoms with Crippen molar-refractivity contribution in [1.29, 1.82) is 0 Å². The van der Waals surface area contributed by atoms with Crippen LogP contribution in [-0.4, -0.2) is 6.04 Å². The molecule has 3 rings (SSSR count). The van der Waals surface area contributed by atoms with Crippen LogP contribution in [0.3, 0.4) is 0 Å². The highest BCUT2D eigenvalue weighted by molar-refractivity contribution is 5.34. The highest BCUT2D eigenvalue weighted by atomic mass is 14.7. The van der Waals surface area contributed by atoms with Gasteiger partial charge in [0.05, 0.1) is 0 Å². The van der Waals surface area contributed by atoms with Crippen LogP contribution in [0.4, 0.5) is 0 Å². The second-order valence-electron chi connectivity index (χ2n) is 5.21. The number of benzene rings is 2. The van der Waals surface area contributed by atoms with Gasteiger partial charge in [0.15, 0.2) is 0 Å². The van der Waals surface area contributed by atoms with Gasteiger partial charge in [-0.25, -0.2) is 0 Å². The molecular weight excluding hydrogens is 218 g/mol. The zero-order valence-electron chi connectivity index (χ0n) is 10.5. The van der Waals surface area contributed by atoms with Crippen molar-refractivity contribution in [1.82, 2.24) is 0 Å². The molecule has 2 aromatic rings. The lowest BCUT2D eigenvalue weighted by atomic mass is 9.83. The van der Waals surface area contributed by atoms with Crippen molar-refractivity contribution < 1.29 is 0 Å². The highest BCUT2D eigenvalue weighted by Crippen LogP contribution is 2.40. The summed E-state index contributed by atoms with van der Waals surface area (Å²) in [5.74, 6) is 1.04. The Morgan fingerprint density at radius 3 is 1.61 bits per heavy atom. The molecule has 0 saturated heterocycles. The molecule has 1 nitrogen and oxygen atoms in total. The fraction of sp³-hybridized carbons (Fsp3) is 0.294. The second-order valence-corrected chi connectivity index (χ2v) is 5.21. The van der Waals surface area contributed by atoms with Gasteiger partial charge in [-0.3, -0.25) is 0 Å². The summed E-state index contributed by atoms with van der Waals surface area (Å²) in [5.41, 5.74) is 9.16. The predicted octanol–water partition coefficient (Wildman–Crippen LogP) is 3.56. The quantitative estimate of drug-likeness (QED) is 0.864. The van der Waals surface area contributed by atoms with E-state index in [1.165, 1.54) is 24.0 Å². The Morgan fingerprint density at radius 1 is 0.778 bits per heavy atom. The summed E-state index contributed by atoms with van der Waals surface area (Å²) in [4.78, 5) is 0. The Morgan fingerprint density at radius 2 is 1.22 bits per heavy atom. The minimum Gasteiger partial charge on any atom is -0.327 e. The third-order valence-corrected chi connectivity index (χ3v) is 3.87. The van der Waals surface area contributed by atoms with Gasteiger partial charge in [0.1, 0.15) is 0 Å². The maximum Gasteiger partial charge on any atom is 0.0243 e. The molecule has 1 heteroatoms. The summed E-state index contributed by atoms with van der Waals surface area (Å²) in [6.07, 6.45) is 2.58. The van der Waals surface area contributed by atoms with Crippen LogP contribution >= 0.6 is 0 Å². The summed E-state index contributed by atoms with van der Waals surface area (Å²) in [6, 6.07) is 21.6. The minimum absolute atomic E-state index is 0.245. The van der Waals surface area contributed by atoms with Crippen LogP contribution in [0.25, 0.3) is 0 Å². The lowest BCUT2D eigenvalue weighted by molar-refractivity contribution is 0.532.